The zero-order valence-electron chi connectivity index (χ0n) is 13.0. The van der Waals surface area contributed by atoms with Crippen LogP contribution in [0.3, 0.4) is 0 Å². The van der Waals surface area contributed by atoms with E-state index in [-0.39, 0.29) is 12.0 Å². The van der Waals surface area contributed by atoms with E-state index in [1.54, 1.807) is 30.7 Å². The summed E-state index contributed by atoms with van der Waals surface area (Å²) in [7, 11) is 0. The molecule has 6 heteroatoms. The van der Waals surface area contributed by atoms with Gasteiger partial charge in [-0.05, 0) is 24.3 Å². The van der Waals surface area contributed by atoms with E-state index in [0.29, 0.717) is 24.5 Å². The first-order valence-corrected chi connectivity index (χ1v) is 7.87. The fourth-order valence-electron chi connectivity index (χ4n) is 2.88. The zero-order valence-corrected chi connectivity index (χ0v) is 13.0. The molecule has 3 aromatic rings. The fourth-order valence-corrected chi connectivity index (χ4v) is 2.88. The monoisotopic (exact) mass is 320 g/mol. The molecule has 0 unspecified atom stereocenters. The molecule has 1 fully saturated rings. The van der Waals surface area contributed by atoms with E-state index in [0.717, 1.165) is 17.5 Å². The molecule has 0 spiro atoms. The second-order valence-electron chi connectivity index (χ2n) is 5.71. The summed E-state index contributed by atoms with van der Waals surface area (Å²) in [4.78, 5) is 27.1. The van der Waals surface area contributed by atoms with E-state index in [1.165, 1.54) is 0 Å². The summed E-state index contributed by atoms with van der Waals surface area (Å²) in [6.45, 7) is 1.24. The first-order valence-electron chi connectivity index (χ1n) is 7.87. The van der Waals surface area contributed by atoms with E-state index < -0.39 is 0 Å². The van der Waals surface area contributed by atoms with Crippen molar-refractivity contribution < 1.29 is 9.53 Å². The molecule has 0 saturated carbocycles. The van der Waals surface area contributed by atoms with Crippen molar-refractivity contribution in [3.8, 4) is 5.88 Å². The number of likely N-dealkylation sites (tertiary alicyclic amines) is 1. The maximum Gasteiger partial charge on any atom is 0.254 e. The lowest BCUT2D eigenvalue weighted by Gasteiger charge is -2.17. The average Bonchev–Trinajstić information content (AvgIpc) is 3.10. The molecule has 4 rings (SSSR count). The van der Waals surface area contributed by atoms with E-state index in [4.69, 9.17) is 4.74 Å². The Morgan fingerprint density at radius 2 is 1.92 bits per heavy atom. The number of aromatic nitrogens is 3. The van der Waals surface area contributed by atoms with Crippen LogP contribution in [-0.4, -0.2) is 45.0 Å². The van der Waals surface area contributed by atoms with E-state index in [9.17, 15) is 4.79 Å². The van der Waals surface area contributed by atoms with Crippen LogP contribution in [-0.2, 0) is 0 Å². The highest BCUT2D eigenvalue weighted by Gasteiger charge is 2.28. The first-order chi connectivity index (χ1) is 11.8. The summed E-state index contributed by atoms with van der Waals surface area (Å²) in [5.41, 5.74) is 2.14. The van der Waals surface area contributed by atoms with Crippen LogP contribution in [0.1, 0.15) is 16.8 Å². The normalized spacial score (nSPS) is 17.2. The summed E-state index contributed by atoms with van der Waals surface area (Å²) in [6, 6.07) is 11.0. The Balaban J connectivity index is 1.46. The number of carbonyl (C=O) groups is 1. The third-order valence-electron chi connectivity index (χ3n) is 4.07. The summed E-state index contributed by atoms with van der Waals surface area (Å²) >= 11 is 0. The number of amides is 1. The van der Waals surface area contributed by atoms with Gasteiger partial charge in [-0.1, -0.05) is 6.07 Å². The molecule has 0 N–H and O–H groups in total. The van der Waals surface area contributed by atoms with E-state index >= 15 is 0 Å². The molecule has 0 bridgehead atoms. The van der Waals surface area contributed by atoms with Crippen LogP contribution in [0.2, 0.25) is 0 Å². The number of benzene rings is 1. The number of fused-ring (bicyclic) bond motifs is 1. The Hall–Kier alpha value is -3.02. The maximum atomic E-state index is 12.7. The van der Waals surface area contributed by atoms with Gasteiger partial charge in [0.05, 0.1) is 17.6 Å². The summed E-state index contributed by atoms with van der Waals surface area (Å²) < 4.78 is 5.83. The number of ether oxygens (including phenoxy) is 1. The first kappa shape index (κ1) is 14.6. The summed E-state index contributed by atoms with van der Waals surface area (Å²) in [5, 5.41) is 0. The largest absolute Gasteiger partial charge is 0.472 e. The van der Waals surface area contributed by atoms with Gasteiger partial charge in [-0.3, -0.25) is 14.8 Å². The Labute approximate surface area is 139 Å². The molecule has 1 atom stereocenters. The van der Waals surface area contributed by atoms with Gasteiger partial charge in [-0.15, -0.1) is 0 Å². The molecule has 0 radical (unpaired) electrons. The molecular formula is C18H16N4O2. The molecule has 1 aromatic carbocycles. The number of nitrogens with zero attached hydrogens (tertiary/aromatic N) is 4. The third-order valence-corrected chi connectivity index (χ3v) is 4.07. The lowest BCUT2D eigenvalue weighted by atomic mass is 10.1. The van der Waals surface area contributed by atoms with Crippen LogP contribution in [0.5, 0.6) is 5.88 Å². The molecule has 1 aliphatic heterocycles. The van der Waals surface area contributed by atoms with E-state index in [2.05, 4.69) is 15.0 Å². The van der Waals surface area contributed by atoms with Crippen LogP contribution in [0, 0.1) is 0 Å². The predicted octanol–water partition coefficient (Wildman–Crippen LogP) is 2.32. The SMILES string of the molecule is O=C(c1ccc2nccnc2c1)N1CC[C@@H](Oc2ccccn2)C1. The molecular weight excluding hydrogens is 304 g/mol. The summed E-state index contributed by atoms with van der Waals surface area (Å²) in [6.07, 6.45) is 5.75. The zero-order chi connectivity index (χ0) is 16.4. The van der Waals surface area contributed by atoms with Crippen molar-refractivity contribution in [1.82, 2.24) is 19.9 Å². The highest BCUT2D eigenvalue weighted by molar-refractivity contribution is 5.97. The molecule has 1 saturated heterocycles. The van der Waals surface area contributed by atoms with Crippen LogP contribution in [0.25, 0.3) is 11.0 Å². The van der Waals surface area contributed by atoms with Crippen molar-refractivity contribution in [1.29, 1.82) is 0 Å². The quantitative estimate of drug-likeness (QED) is 0.741. The molecule has 1 amide bonds. The molecule has 3 heterocycles. The van der Waals surface area contributed by atoms with Gasteiger partial charge in [-0.2, -0.15) is 0 Å². The van der Waals surface area contributed by atoms with Gasteiger partial charge in [0.2, 0.25) is 5.88 Å². The summed E-state index contributed by atoms with van der Waals surface area (Å²) in [5.74, 6) is 0.590. The molecule has 24 heavy (non-hydrogen) atoms. The number of carbonyl (C=O) groups excluding carboxylic acids is 1. The standard InChI is InChI=1S/C18H16N4O2/c23-18(13-4-5-15-16(11-13)20-9-8-19-15)22-10-6-14(12-22)24-17-3-1-2-7-21-17/h1-5,7-9,11,14H,6,10,12H2/t14-/m1/s1. The van der Waals surface area contributed by atoms with Gasteiger partial charge < -0.3 is 9.64 Å². The molecule has 120 valence electrons. The third kappa shape index (κ3) is 2.90. The van der Waals surface area contributed by atoms with Crippen molar-refractivity contribution in [2.75, 3.05) is 13.1 Å². The Morgan fingerprint density at radius 1 is 1.04 bits per heavy atom. The Kier molecular flexibility index (Phi) is 3.78. The predicted molar refractivity (Wildman–Crippen MR) is 88.7 cm³/mol. The van der Waals surface area contributed by atoms with Crippen molar-refractivity contribution in [2.45, 2.75) is 12.5 Å². The van der Waals surface area contributed by atoms with Crippen LogP contribution < -0.4 is 4.74 Å². The topological polar surface area (TPSA) is 68.2 Å². The lowest BCUT2D eigenvalue weighted by molar-refractivity contribution is 0.0771. The van der Waals surface area contributed by atoms with Crippen LogP contribution >= 0.6 is 0 Å². The second kappa shape index (κ2) is 6.23. The van der Waals surface area contributed by atoms with Gasteiger partial charge >= 0.3 is 0 Å². The number of rotatable bonds is 3. The number of pyridine rings is 1. The van der Waals surface area contributed by atoms with Crippen molar-refractivity contribution in [3.63, 3.8) is 0 Å². The van der Waals surface area contributed by atoms with Gasteiger partial charge in [-0.25, -0.2) is 4.98 Å². The van der Waals surface area contributed by atoms with Crippen molar-refractivity contribution in [3.05, 3.63) is 60.6 Å². The molecule has 1 aliphatic rings. The van der Waals surface area contributed by atoms with Crippen molar-refractivity contribution in [2.24, 2.45) is 0 Å². The molecule has 2 aromatic heterocycles. The Bertz CT molecular complexity index is 869. The smallest absolute Gasteiger partial charge is 0.254 e. The van der Waals surface area contributed by atoms with Gasteiger partial charge in [0, 0.05) is 43.2 Å². The van der Waals surface area contributed by atoms with E-state index in [1.807, 2.05) is 29.2 Å². The minimum Gasteiger partial charge on any atom is -0.472 e. The van der Waals surface area contributed by atoms with Crippen LogP contribution in [0.4, 0.5) is 0 Å². The van der Waals surface area contributed by atoms with Gasteiger partial charge in [0.15, 0.2) is 0 Å². The second-order valence-corrected chi connectivity index (χ2v) is 5.71. The molecule has 0 aliphatic carbocycles. The maximum absolute atomic E-state index is 12.7. The van der Waals surface area contributed by atoms with Gasteiger partial charge in [0.1, 0.15) is 6.10 Å². The molecule has 6 nitrogen and oxygen atoms in total. The van der Waals surface area contributed by atoms with Crippen LogP contribution in [0.15, 0.2) is 55.0 Å². The number of hydrogen-bond donors (Lipinski definition) is 0. The minimum absolute atomic E-state index is 0.00493. The highest BCUT2D eigenvalue weighted by Crippen LogP contribution is 2.19. The van der Waals surface area contributed by atoms with Gasteiger partial charge in [0.25, 0.3) is 5.91 Å². The lowest BCUT2D eigenvalue weighted by Crippen LogP contribution is -2.31. The highest BCUT2D eigenvalue weighted by atomic mass is 16.5. The Morgan fingerprint density at radius 3 is 2.75 bits per heavy atom. The number of hydrogen-bond acceptors (Lipinski definition) is 5. The minimum atomic E-state index is -0.0240. The fraction of sp³-hybridized carbons (Fsp3) is 0.222. The average molecular weight is 320 g/mol. The van der Waals surface area contributed by atoms with Crippen molar-refractivity contribution >= 4 is 16.9 Å².